The maximum atomic E-state index is 6.30. The fraction of sp³-hybridized carbons (Fsp3) is 0.786. The first-order valence-electron chi connectivity index (χ1n) is 25.9. The van der Waals surface area contributed by atoms with Crippen molar-refractivity contribution in [2.45, 2.75) is 208 Å². The van der Waals surface area contributed by atoms with E-state index in [9.17, 15) is 0 Å². The summed E-state index contributed by atoms with van der Waals surface area (Å²) in [4.78, 5) is 0. The minimum Gasteiger partial charge on any atom is -0.379 e. The molecule has 0 unspecified atom stereocenters. The predicted octanol–water partition coefficient (Wildman–Crippen LogP) is 15.4. The van der Waals surface area contributed by atoms with Crippen molar-refractivity contribution in [1.29, 1.82) is 0 Å². The maximum Gasteiger partial charge on any atom is 0.104 e. The molecule has 0 aliphatic rings. The lowest BCUT2D eigenvalue weighted by atomic mass is 9.98. The molecule has 0 saturated heterocycles. The molecule has 4 atom stereocenters. The van der Waals surface area contributed by atoms with E-state index < -0.39 is 0 Å². The summed E-state index contributed by atoms with van der Waals surface area (Å²) < 4.78 is 36.9. The number of ether oxygens (including phenoxy) is 6. The molecule has 0 bridgehead atoms. The van der Waals surface area contributed by atoms with Gasteiger partial charge < -0.3 is 28.4 Å². The smallest absolute Gasteiger partial charge is 0.104 e. The van der Waals surface area contributed by atoms with Crippen LogP contribution in [0, 0.1) is 23.7 Å². The third-order valence-electron chi connectivity index (χ3n) is 12.2. The molecule has 2 rings (SSSR count). The summed E-state index contributed by atoms with van der Waals surface area (Å²) in [6.45, 7) is 20.8. The first-order chi connectivity index (χ1) is 30.3. The van der Waals surface area contributed by atoms with Crippen molar-refractivity contribution >= 4 is 0 Å². The first-order valence-corrected chi connectivity index (χ1v) is 25.9. The molecule has 0 fully saturated rings. The van der Waals surface area contributed by atoms with Crippen LogP contribution >= 0.6 is 0 Å². The normalized spacial score (nSPS) is 13.9. The molecule has 0 radical (unpaired) electrons. The summed E-state index contributed by atoms with van der Waals surface area (Å²) in [6, 6.07) is 20.8. The zero-order valence-corrected chi connectivity index (χ0v) is 41.3. The summed E-state index contributed by atoms with van der Waals surface area (Å²) in [7, 11) is 0. The van der Waals surface area contributed by atoms with E-state index in [0.717, 1.165) is 63.9 Å². The Morgan fingerprint density at radius 2 is 0.645 bits per heavy atom. The summed E-state index contributed by atoms with van der Waals surface area (Å²) in [5.74, 6) is 2.98. The summed E-state index contributed by atoms with van der Waals surface area (Å²) in [6.07, 6.45) is 28.4. The van der Waals surface area contributed by atoms with Crippen LogP contribution in [0.2, 0.25) is 0 Å². The molecule has 0 heterocycles. The van der Waals surface area contributed by atoms with E-state index in [1.165, 1.54) is 127 Å². The Bertz CT molecular complexity index is 1100. The summed E-state index contributed by atoms with van der Waals surface area (Å²) in [5, 5.41) is 0. The van der Waals surface area contributed by atoms with E-state index in [1.807, 2.05) is 12.1 Å². The van der Waals surface area contributed by atoms with Gasteiger partial charge in [-0.05, 0) is 60.5 Å². The van der Waals surface area contributed by atoms with Crippen LogP contribution in [0.4, 0.5) is 0 Å². The van der Waals surface area contributed by atoms with Gasteiger partial charge in [0.1, 0.15) is 12.2 Å². The Morgan fingerprint density at radius 3 is 0.984 bits per heavy atom. The molecule has 0 aromatic heterocycles. The van der Waals surface area contributed by atoms with E-state index in [4.69, 9.17) is 28.4 Å². The van der Waals surface area contributed by atoms with Crippen molar-refractivity contribution < 1.29 is 28.4 Å². The average Bonchev–Trinajstić information content (AvgIpc) is 3.25. The standard InChI is InChI=1S/C56H98O6/c1-49(2)29-27-31-51(5)37-41-61-55(47-59-43-53-33-21-19-22-34-53)45-57-39-25-17-15-13-11-9-7-8-10-12-14-16-18-26-40-58-46-56(48-60-44-54-35-23-20-24-36-54)62-42-38-52(6)32-28-30-50(3)4/h19-24,33-36,49-52,55-56H,7-18,25-32,37-48H2,1-6H3/t51-,52-,55+,56+/m1/s1. The fourth-order valence-corrected chi connectivity index (χ4v) is 7.92. The molecule has 0 amide bonds. The van der Waals surface area contributed by atoms with Gasteiger partial charge in [-0.15, -0.1) is 0 Å². The maximum absolute atomic E-state index is 6.30. The number of hydrogen-bond donors (Lipinski definition) is 0. The number of rotatable bonds is 45. The molecular weight excluding hydrogens is 769 g/mol. The second kappa shape index (κ2) is 40.7. The Morgan fingerprint density at radius 1 is 0.323 bits per heavy atom. The number of benzene rings is 2. The van der Waals surface area contributed by atoms with Crippen molar-refractivity contribution in [3.05, 3.63) is 71.8 Å². The van der Waals surface area contributed by atoms with E-state index in [-0.39, 0.29) is 12.2 Å². The summed E-state index contributed by atoms with van der Waals surface area (Å²) >= 11 is 0. The molecule has 0 N–H and O–H groups in total. The van der Waals surface area contributed by atoms with Crippen molar-refractivity contribution in [2.24, 2.45) is 23.7 Å². The third kappa shape index (κ3) is 35.5. The fourth-order valence-electron chi connectivity index (χ4n) is 7.92. The monoisotopic (exact) mass is 867 g/mol. The Balaban J connectivity index is 1.43. The zero-order valence-electron chi connectivity index (χ0n) is 41.3. The van der Waals surface area contributed by atoms with Gasteiger partial charge in [0.05, 0.1) is 39.6 Å². The minimum atomic E-state index is -0.00429. The molecular formula is C56H98O6. The third-order valence-corrected chi connectivity index (χ3v) is 12.2. The molecule has 0 saturated carbocycles. The van der Waals surface area contributed by atoms with Crippen LogP contribution in [0.25, 0.3) is 0 Å². The second-order valence-corrected chi connectivity index (χ2v) is 19.5. The highest BCUT2D eigenvalue weighted by molar-refractivity contribution is 5.14. The van der Waals surface area contributed by atoms with Gasteiger partial charge in [-0.2, -0.15) is 0 Å². The predicted molar refractivity (Wildman–Crippen MR) is 263 cm³/mol. The van der Waals surface area contributed by atoms with Crippen LogP contribution < -0.4 is 0 Å². The Kier molecular flexibility index (Phi) is 37.0. The summed E-state index contributed by atoms with van der Waals surface area (Å²) in [5.41, 5.74) is 2.40. The Labute approximate surface area is 383 Å². The molecule has 0 spiro atoms. The highest BCUT2D eigenvalue weighted by atomic mass is 16.6. The highest BCUT2D eigenvalue weighted by Crippen LogP contribution is 2.18. The van der Waals surface area contributed by atoms with E-state index >= 15 is 0 Å². The van der Waals surface area contributed by atoms with Crippen LogP contribution in [-0.2, 0) is 41.6 Å². The SMILES string of the molecule is CC(C)CCC[C@@H](C)CCO[C@@H](COCCCCCCCCCCCCCCCCOC[C@@H](COCc1ccccc1)OCC[C@H](C)CCCC(C)C)COCc1ccccc1. The van der Waals surface area contributed by atoms with Crippen molar-refractivity contribution in [1.82, 2.24) is 0 Å². The molecule has 0 aliphatic heterocycles. The molecule has 6 heteroatoms. The van der Waals surface area contributed by atoms with Gasteiger partial charge in [-0.25, -0.2) is 0 Å². The van der Waals surface area contributed by atoms with Crippen LogP contribution in [0.3, 0.4) is 0 Å². The Hall–Kier alpha value is -1.80. The van der Waals surface area contributed by atoms with Gasteiger partial charge in [0.15, 0.2) is 0 Å². The molecule has 62 heavy (non-hydrogen) atoms. The van der Waals surface area contributed by atoms with Gasteiger partial charge in [0, 0.05) is 26.4 Å². The van der Waals surface area contributed by atoms with Crippen molar-refractivity contribution in [3.8, 4) is 0 Å². The number of hydrogen-bond acceptors (Lipinski definition) is 6. The lowest BCUT2D eigenvalue weighted by molar-refractivity contribution is -0.0662. The lowest BCUT2D eigenvalue weighted by Gasteiger charge is -2.20. The molecule has 2 aromatic carbocycles. The molecule has 358 valence electrons. The van der Waals surface area contributed by atoms with Crippen LogP contribution in [0.1, 0.15) is 194 Å². The van der Waals surface area contributed by atoms with E-state index in [2.05, 4.69) is 90.1 Å². The average molecular weight is 867 g/mol. The largest absolute Gasteiger partial charge is 0.379 e. The van der Waals surface area contributed by atoms with Gasteiger partial charge in [-0.3, -0.25) is 0 Å². The van der Waals surface area contributed by atoms with Gasteiger partial charge in [0.25, 0.3) is 0 Å². The van der Waals surface area contributed by atoms with Crippen LogP contribution in [-0.4, -0.2) is 65.1 Å². The van der Waals surface area contributed by atoms with Gasteiger partial charge in [-0.1, -0.05) is 218 Å². The second-order valence-electron chi connectivity index (χ2n) is 19.5. The molecule has 2 aromatic rings. The zero-order chi connectivity index (χ0) is 44.6. The molecule has 6 nitrogen and oxygen atoms in total. The van der Waals surface area contributed by atoms with Crippen molar-refractivity contribution in [3.63, 3.8) is 0 Å². The van der Waals surface area contributed by atoms with Gasteiger partial charge in [0.2, 0.25) is 0 Å². The van der Waals surface area contributed by atoms with E-state index in [1.54, 1.807) is 0 Å². The van der Waals surface area contributed by atoms with Crippen LogP contribution in [0.15, 0.2) is 60.7 Å². The van der Waals surface area contributed by atoms with E-state index in [0.29, 0.717) is 51.5 Å². The highest BCUT2D eigenvalue weighted by Gasteiger charge is 2.14. The molecule has 0 aliphatic carbocycles. The first kappa shape index (κ1) is 56.3. The number of unbranched alkanes of at least 4 members (excludes halogenated alkanes) is 13. The topological polar surface area (TPSA) is 55.4 Å². The lowest BCUT2D eigenvalue weighted by Crippen LogP contribution is -2.27. The quantitative estimate of drug-likeness (QED) is 0.0618. The van der Waals surface area contributed by atoms with Crippen molar-refractivity contribution in [2.75, 3.05) is 52.9 Å². The minimum absolute atomic E-state index is 0.00429. The van der Waals surface area contributed by atoms with Crippen LogP contribution in [0.5, 0.6) is 0 Å². The van der Waals surface area contributed by atoms with Gasteiger partial charge >= 0.3 is 0 Å².